The van der Waals surface area contributed by atoms with Crippen molar-refractivity contribution >= 4 is 28.2 Å². The van der Waals surface area contributed by atoms with Gasteiger partial charge < -0.3 is 20.5 Å². The Bertz CT molecular complexity index is 921. The van der Waals surface area contributed by atoms with Gasteiger partial charge in [0, 0.05) is 4.88 Å². The van der Waals surface area contributed by atoms with Crippen LogP contribution in [0.3, 0.4) is 0 Å². The van der Waals surface area contributed by atoms with Crippen molar-refractivity contribution in [1.82, 2.24) is 0 Å². The Labute approximate surface area is 175 Å². The zero-order valence-corrected chi connectivity index (χ0v) is 18.4. The molecule has 3 rings (SSSR count). The predicted octanol–water partition coefficient (Wildman–Crippen LogP) is 4.27. The Morgan fingerprint density at radius 1 is 1.14 bits per heavy atom. The fraction of sp³-hybridized carbons (Fsp3) is 0.455. The summed E-state index contributed by atoms with van der Waals surface area (Å²) in [5, 5.41) is 3.38. The van der Waals surface area contributed by atoms with E-state index in [1.54, 1.807) is 18.2 Å². The average Bonchev–Trinajstić information content (AvgIpc) is 3.03. The van der Waals surface area contributed by atoms with E-state index in [1.165, 1.54) is 25.6 Å². The SMILES string of the molecule is COc1cccc(OC)c1C(=O)Nc1sc2c(c1C(N)=O)CC[C@H](C(C)(C)C)C2. The second-order valence-corrected chi connectivity index (χ2v) is 9.47. The van der Waals surface area contributed by atoms with Gasteiger partial charge in [-0.05, 0) is 48.3 Å². The van der Waals surface area contributed by atoms with Crippen molar-refractivity contribution in [3.8, 4) is 11.5 Å². The van der Waals surface area contributed by atoms with Crippen molar-refractivity contribution in [2.45, 2.75) is 40.0 Å². The highest BCUT2D eigenvalue weighted by Gasteiger charge is 2.34. The Balaban J connectivity index is 1.98. The lowest BCUT2D eigenvalue weighted by atomic mass is 9.72. The first kappa shape index (κ1) is 21.2. The molecular weight excluding hydrogens is 388 g/mol. The summed E-state index contributed by atoms with van der Waals surface area (Å²) in [6.07, 6.45) is 2.68. The Kier molecular flexibility index (Phi) is 5.89. The lowest BCUT2D eigenvalue weighted by Gasteiger charge is -2.33. The number of thiophene rings is 1. The molecule has 1 aliphatic carbocycles. The van der Waals surface area contributed by atoms with E-state index in [2.05, 4.69) is 26.1 Å². The zero-order valence-electron chi connectivity index (χ0n) is 17.5. The molecule has 7 heteroatoms. The second kappa shape index (κ2) is 8.06. The van der Waals surface area contributed by atoms with E-state index in [0.717, 1.165) is 29.7 Å². The zero-order chi connectivity index (χ0) is 21.3. The largest absolute Gasteiger partial charge is 0.496 e. The van der Waals surface area contributed by atoms with Gasteiger partial charge in [0.2, 0.25) is 0 Å². The van der Waals surface area contributed by atoms with Crippen LogP contribution in [0.5, 0.6) is 11.5 Å². The molecule has 1 atom stereocenters. The average molecular weight is 417 g/mol. The number of primary amides is 1. The topological polar surface area (TPSA) is 90.7 Å². The quantitative estimate of drug-likeness (QED) is 0.762. The van der Waals surface area contributed by atoms with Crippen LogP contribution in [0.15, 0.2) is 18.2 Å². The van der Waals surface area contributed by atoms with Crippen molar-refractivity contribution in [3.05, 3.63) is 39.8 Å². The third-order valence-electron chi connectivity index (χ3n) is 5.62. The van der Waals surface area contributed by atoms with Crippen molar-refractivity contribution in [3.63, 3.8) is 0 Å². The summed E-state index contributed by atoms with van der Waals surface area (Å²) in [7, 11) is 2.99. The molecule has 29 heavy (non-hydrogen) atoms. The van der Waals surface area contributed by atoms with Crippen LogP contribution in [-0.2, 0) is 12.8 Å². The smallest absolute Gasteiger partial charge is 0.263 e. The van der Waals surface area contributed by atoms with Crippen LogP contribution in [0.1, 0.15) is 58.3 Å². The van der Waals surface area contributed by atoms with E-state index >= 15 is 0 Å². The van der Waals surface area contributed by atoms with Crippen LogP contribution in [0.2, 0.25) is 0 Å². The number of anilines is 1. The van der Waals surface area contributed by atoms with Crippen LogP contribution >= 0.6 is 11.3 Å². The van der Waals surface area contributed by atoms with Gasteiger partial charge in [0.05, 0.1) is 19.8 Å². The highest BCUT2D eigenvalue weighted by Crippen LogP contribution is 2.44. The fourth-order valence-electron chi connectivity index (χ4n) is 3.91. The second-order valence-electron chi connectivity index (χ2n) is 8.37. The molecule has 1 heterocycles. The molecule has 2 amide bonds. The molecule has 1 aromatic heterocycles. The Morgan fingerprint density at radius 3 is 2.28 bits per heavy atom. The minimum absolute atomic E-state index is 0.183. The van der Waals surface area contributed by atoms with Crippen molar-refractivity contribution in [2.75, 3.05) is 19.5 Å². The van der Waals surface area contributed by atoms with E-state index in [-0.39, 0.29) is 11.0 Å². The van der Waals surface area contributed by atoms with E-state index in [1.807, 2.05) is 0 Å². The van der Waals surface area contributed by atoms with Crippen LogP contribution in [0.4, 0.5) is 5.00 Å². The summed E-state index contributed by atoms with van der Waals surface area (Å²) >= 11 is 1.45. The normalized spacial score (nSPS) is 16.1. The number of benzene rings is 1. The first-order chi connectivity index (χ1) is 13.7. The molecule has 0 unspecified atom stereocenters. The molecule has 1 aromatic carbocycles. The molecule has 0 radical (unpaired) electrons. The molecule has 0 bridgehead atoms. The van der Waals surface area contributed by atoms with Crippen LogP contribution in [-0.4, -0.2) is 26.0 Å². The number of methoxy groups -OCH3 is 2. The lowest BCUT2D eigenvalue weighted by Crippen LogP contribution is -2.27. The van der Waals surface area contributed by atoms with Crippen LogP contribution < -0.4 is 20.5 Å². The van der Waals surface area contributed by atoms with Gasteiger partial charge in [-0.2, -0.15) is 0 Å². The highest BCUT2D eigenvalue weighted by atomic mass is 32.1. The first-order valence-electron chi connectivity index (χ1n) is 9.64. The molecule has 3 N–H and O–H groups in total. The van der Waals surface area contributed by atoms with E-state index < -0.39 is 11.8 Å². The number of ether oxygens (including phenoxy) is 2. The van der Waals surface area contributed by atoms with Gasteiger partial charge in [-0.15, -0.1) is 11.3 Å². The maximum absolute atomic E-state index is 13.1. The number of carbonyl (C=O) groups excluding carboxylic acids is 2. The summed E-state index contributed by atoms with van der Waals surface area (Å²) in [4.78, 5) is 26.4. The molecule has 0 saturated carbocycles. The van der Waals surface area contributed by atoms with Gasteiger partial charge >= 0.3 is 0 Å². The summed E-state index contributed by atoms with van der Waals surface area (Å²) in [6, 6.07) is 5.14. The fourth-order valence-corrected chi connectivity index (χ4v) is 5.24. The summed E-state index contributed by atoms with van der Waals surface area (Å²) in [5.74, 6) is 0.409. The lowest BCUT2D eigenvalue weighted by molar-refractivity contribution is 0.1000. The Hall–Kier alpha value is -2.54. The van der Waals surface area contributed by atoms with E-state index in [4.69, 9.17) is 15.2 Å². The molecule has 2 aromatic rings. The minimum Gasteiger partial charge on any atom is -0.496 e. The van der Waals surface area contributed by atoms with Gasteiger partial charge in [0.1, 0.15) is 22.1 Å². The van der Waals surface area contributed by atoms with Gasteiger partial charge in [-0.1, -0.05) is 26.8 Å². The van der Waals surface area contributed by atoms with E-state index in [9.17, 15) is 9.59 Å². The molecule has 0 aliphatic heterocycles. The van der Waals surface area contributed by atoms with Gasteiger partial charge in [0.15, 0.2) is 0 Å². The molecular formula is C22H28N2O4S. The maximum Gasteiger partial charge on any atom is 0.263 e. The number of nitrogens with one attached hydrogen (secondary N) is 1. The number of nitrogens with two attached hydrogens (primary N) is 1. The monoisotopic (exact) mass is 416 g/mol. The third-order valence-corrected chi connectivity index (χ3v) is 6.79. The molecule has 0 saturated heterocycles. The van der Waals surface area contributed by atoms with Crippen LogP contribution in [0, 0.1) is 11.3 Å². The first-order valence-corrected chi connectivity index (χ1v) is 10.5. The van der Waals surface area contributed by atoms with Crippen molar-refractivity contribution in [2.24, 2.45) is 17.1 Å². The summed E-state index contributed by atoms with van der Waals surface area (Å²) < 4.78 is 10.7. The molecule has 6 nitrogen and oxygen atoms in total. The summed E-state index contributed by atoms with van der Waals surface area (Å²) in [6.45, 7) is 6.71. The van der Waals surface area contributed by atoms with Crippen LogP contribution in [0.25, 0.3) is 0 Å². The number of fused-ring (bicyclic) bond motifs is 1. The molecule has 0 fully saturated rings. The Morgan fingerprint density at radius 2 is 1.76 bits per heavy atom. The number of hydrogen-bond acceptors (Lipinski definition) is 5. The molecule has 156 valence electrons. The number of rotatable bonds is 5. The van der Waals surface area contributed by atoms with Gasteiger partial charge in [-0.25, -0.2) is 0 Å². The molecule has 0 spiro atoms. The minimum atomic E-state index is -0.515. The third kappa shape index (κ3) is 4.10. The van der Waals surface area contributed by atoms with E-state index in [0.29, 0.717) is 28.0 Å². The van der Waals surface area contributed by atoms with Gasteiger partial charge in [-0.3, -0.25) is 9.59 Å². The predicted molar refractivity (Wildman–Crippen MR) is 115 cm³/mol. The number of carbonyl (C=O) groups is 2. The van der Waals surface area contributed by atoms with Gasteiger partial charge in [0.25, 0.3) is 11.8 Å². The molecule has 1 aliphatic rings. The standard InChI is InChI=1S/C22H28N2O4S/c1-22(2,3)12-9-10-13-16(11-12)29-21(17(13)19(23)25)24-20(26)18-14(27-4)7-6-8-15(18)28-5/h6-8,12H,9-11H2,1-5H3,(H2,23,25)(H,24,26)/t12-/m0/s1. The number of hydrogen-bond donors (Lipinski definition) is 2. The van der Waals surface area contributed by atoms with Crippen molar-refractivity contribution in [1.29, 1.82) is 0 Å². The maximum atomic E-state index is 13.1. The number of amides is 2. The van der Waals surface area contributed by atoms with Crippen molar-refractivity contribution < 1.29 is 19.1 Å². The summed E-state index contributed by atoms with van der Waals surface area (Å²) in [5.41, 5.74) is 7.57. The highest BCUT2D eigenvalue weighted by molar-refractivity contribution is 7.17.